The summed E-state index contributed by atoms with van der Waals surface area (Å²) in [5.74, 6) is 0. The van der Waals surface area contributed by atoms with Gasteiger partial charge in [0, 0.05) is 108 Å². The number of amides is 4. The summed E-state index contributed by atoms with van der Waals surface area (Å²) in [6, 6.07) is 35.0. The fourth-order valence-corrected chi connectivity index (χ4v) is 10.9. The third-order valence-electron chi connectivity index (χ3n) is 13.9. The highest BCUT2D eigenvalue weighted by atomic mass is 35.5. The number of carbonyl (C=O) groups is 3. The van der Waals surface area contributed by atoms with Crippen LogP contribution in [0.5, 0.6) is 0 Å². The molecule has 2 saturated heterocycles. The molecule has 2 fully saturated rings. The standard InChI is InChI=1S/C28H29Cl3N4O.C21H13Cl3N2O2.C7H16N2/c1-17(2)33(3)19-15-34(16-19)14-18-11-21(20-7-4-5-8-23(20)29)22-13-32-28(36)35(26(22)12-18)27-24(30)9-6-10-25(27)31;22-16-5-2-1-4-13(16)14-8-12(11-27)9-19-15(14)10-25-21(28)26(19)20-17(23)6-3-7-18(20)24;1-6(2)9(3)7-4-8-5-7/h4-12,17,19H,13-16H2,1-3H3,(H,32,36);1-9,11H,10H2,(H,25,28);6-8H,4-5H2,1-3H3. The Bertz CT molecular complexity index is 2980. The van der Waals surface area contributed by atoms with Crippen LogP contribution in [0.4, 0.5) is 32.3 Å². The summed E-state index contributed by atoms with van der Waals surface area (Å²) in [4.78, 5) is 47.8. The number of likely N-dealkylation sites (N-methyl/N-ethyl adjacent to an activating group) is 2. The topological polar surface area (TPSA) is 104 Å². The van der Waals surface area contributed by atoms with E-state index in [-0.39, 0.29) is 18.6 Å². The van der Waals surface area contributed by atoms with Crippen LogP contribution in [0.15, 0.2) is 109 Å². The van der Waals surface area contributed by atoms with Gasteiger partial charge in [0.05, 0.1) is 42.8 Å². The van der Waals surface area contributed by atoms with Crippen molar-refractivity contribution in [1.29, 1.82) is 0 Å². The fourth-order valence-electron chi connectivity index (χ4n) is 9.31. The van der Waals surface area contributed by atoms with E-state index in [0.717, 1.165) is 76.6 Å². The van der Waals surface area contributed by atoms with Gasteiger partial charge < -0.3 is 16.0 Å². The van der Waals surface area contributed by atoms with Crippen LogP contribution >= 0.6 is 69.6 Å². The number of likely N-dealkylation sites (tertiary alicyclic amines) is 1. The maximum Gasteiger partial charge on any atom is 0.326 e. The Morgan fingerprint density at radius 2 is 0.986 bits per heavy atom. The van der Waals surface area contributed by atoms with Crippen molar-refractivity contribution in [3.8, 4) is 22.3 Å². The Labute approximate surface area is 458 Å². The van der Waals surface area contributed by atoms with E-state index in [4.69, 9.17) is 69.6 Å². The average Bonchev–Trinajstić information content (AvgIpc) is 3.33. The van der Waals surface area contributed by atoms with Crippen LogP contribution in [0.2, 0.25) is 30.1 Å². The number of hydrogen-bond acceptors (Lipinski definition) is 7. The van der Waals surface area contributed by atoms with Gasteiger partial charge in [-0.05, 0) is 119 Å². The molecule has 4 aliphatic rings. The number of halogens is 6. The number of rotatable bonds is 11. The number of urea groups is 2. The van der Waals surface area contributed by atoms with Crippen LogP contribution in [-0.2, 0) is 19.6 Å². The predicted octanol–water partition coefficient (Wildman–Crippen LogP) is 14.0. The molecule has 0 spiro atoms. The summed E-state index contributed by atoms with van der Waals surface area (Å²) in [5, 5.41) is 11.8. The summed E-state index contributed by atoms with van der Waals surface area (Å²) < 4.78 is 0. The molecule has 4 amide bonds. The maximum atomic E-state index is 13.2. The molecule has 3 N–H and O–H groups in total. The molecule has 6 aromatic rings. The van der Waals surface area contributed by atoms with Crippen molar-refractivity contribution in [3.63, 3.8) is 0 Å². The number of hydrogen-bond donors (Lipinski definition) is 3. The number of aldehydes is 1. The number of nitrogens with zero attached hydrogens (tertiary/aromatic N) is 5. The first-order chi connectivity index (χ1) is 35.0. The quantitative estimate of drug-likeness (QED) is 0.111. The molecular formula is C56H58Cl6N8O3. The maximum absolute atomic E-state index is 13.2. The van der Waals surface area contributed by atoms with E-state index in [1.54, 1.807) is 59.5 Å². The van der Waals surface area contributed by atoms with Gasteiger partial charge in [0.1, 0.15) is 6.29 Å². The van der Waals surface area contributed by atoms with Gasteiger partial charge in [0.25, 0.3) is 0 Å². The average molecular weight is 1100 g/mol. The Balaban J connectivity index is 0.000000170. The summed E-state index contributed by atoms with van der Waals surface area (Å²) in [5.41, 5.74) is 8.92. The molecule has 11 nitrogen and oxygen atoms in total. The third kappa shape index (κ3) is 11.8. The van der Waals surface area contributed by atoms with Gasteiger partial charge in [0.15, 0.2) is 0 Å². The zero-order chi connectivity index (χ0) is 52.2. The summed E-state index contributed by atoms with van der Waals surface area (Å²) in [7, 11) is 4.38. The minimum Gasteiger partial charge on any atom is -0.333 e. The number of anilines is 4. The van der Waals surface area contributed by atoms with Gasteiger partial charge in [-0.2, -0.15) is 0 Å². The molecule has 10 rings (SSSR count). The van der Waals surface area contributed by atoms with E-state index in [0.29, 0.717) is 77.4 Å². The molecule has 0 radical (unpaired) electrons. The van der Waals surface area contributed by atoms with Crippen LogP contribution < -0.4 is 25.8 Å². The second-order valence-electron chi connectivity index (χ2n) is 19.1. The Morgan fingerprint density at radius 3 is 1.40 bits per heavy atom. The van der Waals surface area contributed by atoms with Crippen molar-refractivity contribution < 1.29 is 14.4 Å². The molecular weight excluding hydrogens is 1050 g/mol. The van der Waals surface area contributed by atoms with E-state index in [9.17, 15) is 14.4 Å². The second-order valence-corrected chi connectivity index (χ2v) is 21.5. The van der Waals surface area contributed by atoms with Gasteiger partial charge in [-0.15, -0.1) is 0 Å². The molecule has 4 heterocycles. The smallest absolute Gasteiger partial charge is 0.326 e. The molecule has 73 heavy (non-hydrogen) atoms. The lowest BCUT2D eigenvalue weighted by atomic mass is 9.93. The number of carbonyl (C=O) groups excluding carboxylic acids is 3. The summed E-state index contributed by atoms with van der Waals surface area (Å²) >= 11 is 38.9. The first-order valence-electron chi connectivity index (χ1n) is 24.2. The van der Waals surface area contributed by atoms with Crippen LogP contribution in [0.3, 0.4) is 0 Å². The van der Waals surface area contributed by atoms with Crippen LogP contribution in [0.1, 0.15) is 54.7 Å². The fraction of sp³-hybridized carbons (Fsp3) is 0.304. The van der Waals surface area contributed by atoms with Crippen LogP contribution in [0.25, 0.3) is 22.3 Å². The van der Waals surface area contributed by atoms with Crippen molar-refractivity contribution in [2.75, 3.05) is 50.1 Å². The Kier molecular flexibility index (Phi) is 17.7. The van der Waals surface area contributed by atoms with Crippen molar-refractivity contribution in [2.24, 2.45) is 0 Å². The van der Waals surface area contributed by atoms with Crippen molar-refractivity contribution in [3.05, 3.63) is 162 Å². The molecule has 0 atom stereocenters. The third-order valence-corrected chi connectivity index (χ3v) is 15.8. The molecule has 0 aliphatic carbocycles. The SMILES string of the molecule is CC(C)N(C)C1CN(Cc2cc(-c3ccccc3Cl)c3c(c2)N(c2c(Cl)cccc2Cl)C(=O)NC3)C1.CC(C)N(C)C1CNC1.O=Cc1cc(-c2ccccc2Cl)c2c(c1)N(c1c(Cl)cccc1Cl)C(=O)NC2. The van der Waals surface area contributed by atoms with E-state index in [2.05, 4.69) is 84.6 Å². The largest absolute Gasteiger partial charge is 0.333 e. The summed E-state index contributed by atoms with van der Waals surface area (Å²) in [6.45, 7) is 14.7. The van der Waals surface area contributed by atoms with E-state index in [1.807, 2.05) is 42.5 Å². The molecule has 382 valence electrons. The number of benzene rings is 6. The zero-order valence-electron chi connectivity index (χ0n) is 41.5. The van der Waals surface area contributed by atoms with Gasteiger partial charge in [0.2, 0.25) is 0 Å². The lowest BCUT2D eigenvalue weighted by Gasteiger charge is -2.45. The normalized spacial score (nSPS) is 15.7. The van der Waals surface area contributed by atoms with Crippen LogP contribution in [-0.4, -0.2) is 97.5 Å². The van der Waals surface area contributed by atoms with E-state index >= 15 is 0 Å². The van der Waals surface area contributed by atoms with Crippen molar-refractivity contribution in [1.82, 2.24) is 30.7 Å². The summed E-state index contributed by atoms with van der Waals surface area (Å²) in [6.07, 6.45) is 0.736. The predicted molar refractivity (Wildman–Crippen MR) is 302 cm³/mol. The van der Waals surface area contributed by atoms with Gasteiger partial charge >= 0.3 is 12.1 Å². The van der Waals surface area contributed by atoms with Gasteiger partial charge in [-0.25, -0.2) is 9.59 Å². The minimum absolute atomic E-state index is 0.262. The van der Waals surface area contributed by atoms with E-state index < -0.39 is 0 Å². The molecule has 0 saturated carbocycles. The highest BCUT2D eigenvalue weighted by molar-refractivity contribution is 6.41. The minimum atomic E-state index is -0.379. The highest BCUT2D eigenvalue weighted by Crippen LogP contribution is 2.47. The Morgan fingerprint density at radius 1 is 0.562 bits per heavy atom. The lowest BCUT2D eigenvalue weighted by molar-refractivity contribution is 0.0280. The molecule has 0 aromatic heterocycles. The monoisotopic (exact) mass is 1100 g/mol. The first kappa shape index (κ1) is 54.4. The number of nitrogens with one attached hydrogen (secondary N) is 3. The first-order valence-corrected chi connectivity index (χ1v) is 26.4. The van der Waals surface area contributed by atoms with Gasteiger partial charge in [-0.3, -0.25) is 29.3 Å². The van der Waals surface area contributed by atoms with Crippen molar-refractivity contribution >= 4 is 111 Å². The molecule has 17 heteroatoms. The highest BCUT2D eigenvalue weighted by Gasteiger charge is 2.35. The molecule has 6 aromatic carbocycles. The van der Waals surface area contributed by atoms with Crippen molar-refractivity contribution in [2.45, 2.75) is 71.5 Å². The van der Waals surface area contributed by atoms with Gasteiger partial charge in [-0.1, -0.05) is 118 Å². The lowest BCUT2D eigenvalue weighted by Crippen LogP contribution is -2.59. The second kappa shape index (κ2) is 23.8. The van der Waals surface area contributed by atoms with Crippen LogP contribution in [0, 0.1) is 0 Å². The Hall–Kier alpha value is -4.89. The van der Waals surface area contributed by atoms with E-state index in [1.165, 1.54) is 18.0 Å². The molecule has 4 aliphatic heterocycles. The molecule has 0 unspecified atom stereocenters. The number of para-hydroxylation sites is 2. The zero-order valence-corrected chi connectivity index (χ0v) is 46.0. The molecule has 0 bridgehead atoms. The number of fused-ring (bicyclic) bond motifs is 2.